The van der Waals surface area contributed by atoms with Crippen LogP contribution in [-0.4, -0.2) is 29.9 Å². The van der Waals surface area contributed by atoms with Gasteiger partial charge in [-0.25, -0.2) is 0 Å². The number of anilines is 1. The van der Waals surface area contributed by atoms with Crippen LogP contribution in [0.15, 0.2) is 18.2 Å². The molecule has 0 saturated carbocycles. The van der Waals surface area contributed by atoms with Gasteiger partial charge in [-0.05, 0) is 31.0 Å². The van der Waals surface area contributed by atoms with Crippen molar-refractivity contribution in [2.24, 2.45) is 0 Å². The van der Waals surface area contributed by atoms with Crippen molar-refractivity contribution in [3.05, 3.63) is 28.8 Å². The molecule has 1 aromatic rings. The maximum atomic E-state index is 9.47. The Labute approximate surface area is 108 Å². The summed E-state index contributed by atoms with van der Waals surface area (Å²) < 4.78 is 0. The number of aliphatic hydroxyl groups excluding tert-OH is 2. The molecule has 0 bridgehead atoms. The van der Waals surface area contributed by atoms with E-state index < -0.39 is 6.10 Å². The second-order valence-corrected chi connectivity index (χ2v) is 4.50. The molecule has 0 aromatic heterocycles. The highest BCUT2D eigenvalue weighted by Gasteiger charge is 2.11. The van der Waals surface area contributed by atoms with Crippen molar-refractivity contribution >= 4 is 17.3 Å². The summed E-state index contributed by atoms with van der Waals surface area (Å²) in [4.78, 5) is 2.05. The van der Waals surface area contributed by atoms with E-state index in [-0.39, 0.29) is 6.61 Å². The predicted molar refractivity (Wildman–Crippen MR) is 71.7 cm³/mol. The number of hydrogen-bond acceptors (Lipinski definition) is 3. The summed E-state index contributed by atoms with van der Waals surface area (Å²) in [5.74, 6) is 0. The van der Waals surface area contributed by atoms with Crippen LogP contribution >= 0.6 is 11.6 Å². The van der Waals surface area contributed by atoms with Gasteiger partial charge in [0.1, 0.15) is 0 Å². The summed E-state index contributed by atoms with van der Waals surface area (Å²) in [5, 5.41) is 19.1. The molecule has 0 heterocycles. The fourth-order valence-corrected chi connectivity index (χ4v) is 2.09. The van der Waals surface area contributed by atoms with Gasteiger partial charge in [0, 0.05) is 13.1 Å². The number of aliphatic hydroxyl groups is 2. The third-order valence-corrected chi connectivity index (χ3v) is 2.96. The highest BCUT2D eigenvalue weighted by Crippen LogP contribution is 2.29. The van der Waals surface area contributed by atoms with Crippen LogP contribution < -0.4 is 4.90 Å². The molecular formula is C13H20ClNO2. The third kappa shape index (κ3) is 3.87. The van der Waals surface area contributed by atoms with Crippen molar-refractivity contribution in [1.29, 1.82) is 0 Å². The Morgan fingerprint density at radius 1 is 1.35 bits per heavy atom. The molecule has 2 N–H and O–H groups in total. The van der Waals surface area contributed by atoms with Crippen molar-refractivity contribution in [2.45, 2.75) is 26.4 Å². The number of nitrogens with zero attached hydrogens (tertiary/aromatic N) is 1. The molecule has 0 fully saturated rings. The highest BCUT2D eigenvalue weighted by atomic mass is 35.5. The zero-order chi connectivity index (χ0) is 12.8. The van der Waals surface area contributed by atoms with E-state index in [0.29, 0.717) is 11.6 Å². The van der Waals surface area contributed by atoms with Crippen LogP contribution in [-0.2, 0) is 0 Å². The molecule has 4 heteroatoms. The SMILES string of the molecule is CCCN(CCO)c1ccc(C(C)O)cc1Cl. The molecule has 96 valence electrons. The largest absolute Gasteiger partial charge is 0.395 e. The smallest absolute Gasteiger partial charge is 0.0762 e. The molecule has 1 atom stereocenters. The molecule has 1 rings (SSSR count). The highest BCUT2D eigenvalue weighted by molar-refractivity contribution is 6.33. The summed E-state index contributed by atoms with van der Waals surface area (Å²) >= 11 is 6.21. The van der Waals surface area contributed by atoms with E-state index in [1.807, 2.05) is 17.0 Å². The van der Waals surface area contributed by atoms with Gasteiger partial charge in [0.2, 0.25) is 0 Å². The molecule has 0 saturated heterocycles. The first kappa shape index (κ1) is 14.3. The van der Waals surface area contributed by atoms with Crippen LogP contribution in [0.5, 0.6) is 0 Å². The quantitative estimate of drug-likeness (QED) is 0.823. The van der Waals surface area contributed by atoms with E-state index in [1.165, 1.54) is 0 Å². The molecule has 17 heavy (non-hydrogen) atoms. The van der Waals surface area contributed by atoms with Gasteiger partial charge in [-0.3, -0.25) is 0 Å². The van der Waals surface area contributed by atoms with Crippen LogP contribution in [0.25, 0.3) is 0 Å². The van der Waals surface area contributed by atoms with Gasteiger partial charge in [0.05, 0.1) is 23.4 Å². The molecular weight excluding hydrogens is 238 g/mol. The molecule has 1 unspecified atom stereocenters. The lowest BCUT2D eigenvalue weighted by Crippen LogP contribution is -2.27. The zero-order valence-corrected chi connectivity index (χ0v) is 11.1. The molecule has 0 radical (unpaired) electrons. The third-order valence-electron chi connectivity index (χ3n) is 2.66. The van der Waals surface area contributed by atoms with E-state index in [0.717, 1.165) is 24.2 Å². The fourth-order valence-electron chi connectivity index (χ4n) is 1.78. The normalized spacial score (nSPS) is 12.5. The first-order valence-electron chi connectivity index (χ1n) is 5.93. The van der Waals surface area contributed by atoms with Crippen molar-refractivity contribution in [3.8, 4) is 0 Å². The summed E-state index contributed by atoms with van der Waals surface area (Å²) in [6.07, 6.45) is 0.480. The van der Waals surface area contributed by atoms with E-state index in [4.69, 9.17) is 16.7 Å². The van der Waals surface area contributed by atoms with Crippen LogP contribution in [0.2, 0.25) is 5.02 Å². The second kappa shape index (κ2) is 6.84. The maximum Gasteiger partial charge on any atom is 0.0762 e. The van der Waals surface area contributed by atoms with Crippen LogP contribution in [0.3, 0.4) is 0 Å². The van der Waals surface area contributed by atoms with Crippen molar-refractivity contribution < 1.29 is 10.2 Å². The standard InChI is InChI=1S/C13H20ClNO2/c1-3-6-15(7-8-16)13-5-4-11(10(2)17)9-12(13)14/h4-5,9-10,16-17H,3,6-8H2,1-2H3. The first-order chi connectivity index (χ1) is 8.10. The monoisotopic (exact) mass is 257 g/mol. The van der Waals surface area contributed by atoms with Crippen LogP contribution in [0.1, 0.15) is 31.9 Å². The summed E-state index contributed by atoms with van der Waals surface area (Å²) in [7, 11) is 0. The van der Waals surface area contributed by atoms with Crippen molar-refractivity contribution in [2.75, 3.05) is 24.6 Å². The number of hydrogen-bond donors (Lipinski definition) is 2. The molecule has 0 aliphatic heterocycles. The average molecular weight is 258 g/mol. The molecule has 0 aliphatic carbocycles. The van der Waals surface area contributed by atoms with Crippen molar-refractivity contribution in [1.82, 2.24) is 0 Å². The van der Waals surface area contributed by atoms with Gasteiger partial charge in [-0.1, -0.05) is 24.6 Å². The van der Waals surface area contributed by atoms with E-state index >= 15 is 0 Å². The first-order valence-corrected chi connectivity index (χ1v) is 6.31. The lowest BCUT2D eigenvalue weighted by molar-refractivity contribution is 0.199. The maximum absolute atomic E-state index is 9.47. The zero-order valence-electron chi connectivity index (χ0n) is 10.4. The molecule has 0 aliphatic rings. The Morgan fingerprint density at radius 2 is 2.06 bits per heavy atom. The van der Waals surface area contributed by atoms with Gasteiger partial charge in [-0.2, -0.15) is 0 Å². The van der Waals surface area contributed by atoms with E-state index in [2.05, 4.69) is 6.92 Å². The molecule has 1 aromatic carbocycles. The Kier molecular flexibility index (Phi) is 5.75. The van der Waals surface area contributed by atoms with Gasteiger partial charge < -0.3 is 15.1 Å². The second-order valence-electron chi connectivity index (χ2n) is 4.10. The Hall–Kier alpha value is -0.770. The summed E-state index contributed by atoms with van der Waals surface area (Å²) in [5.41, 5.74) is 1.71. The topological polar surface area (TPSA) is 43.7 Å². The lowest BCUT2D eigenvalue weighted by atomic mass is 10.1. The van der Waals surface area contributed by atoms with E-state index in [9.17, 15) is 5.11 Å². The molecule has 0 amide bonds. The summed E-state index contributed by atoms with van der Waals surface area (Å²) in [6.45, 7) is 5.33. The average Bonchev–Trinajstić information content (AvgIpc) is 2.28. The minimum atomic E-state index is -0.515. The minimum absolute atomic E-state index is 0.106. The van der Waals surface area contributed by atoms with Crippen molar-refractivity contribution in [3.63, 3.8) is 0 Å². The van der Waals surface area contributed by atoms with Gasteiger partial charge >= 0.3 is 0 Å². The number of rotatable bonds is 6. The fraction of sp³-hybridized carbons (Fsp3) is 0.538. The molecule has 3 nitrogen and oxygen atoms in total. The van der Waals surface area contributed by atoms with E-state index in [1.54, 1.807) is 13.0 Å². The number of halogens is 1. The van der Waals surface area contributed by atoms with Gasteiger partial charge in [-0.15, -0.1) is 0 Å². The lowest BCUT2D eigenvalue weighted by Gasteiger charge is -2.25. The van der Waals surface area contributed by atoms with Crippen LogP contribution in [0.4, 0.5) is 5.69 Å². The molecule has 0 spiro atoms. The summed E-state index contributed by atoms with van der Waals surface area (Å²) in [6, 6.07) is 5.54. The Bertz CT molecular complexity index is 349. The van der Waals surface area contributed by atoms with Crippen LogP contribution in [0, 0.1) is 0 Å². The Balaban J connectivity index is 2.95. The van der Waals surface area contributed by atoms with Gasteiger partial charge in [0.15, 0.2) is 0 Å². The minimum Gasteiger partial charge on any atom is -0.395 e. The predicted octanol–water partition coefficient (Wildman–Crippen LogP) is 2.60. The Morgan fingerprint density at radius 3 is 2.53 bits per heavy atom. The van der Waals surface area contributed by atoms with Gasteiger partial charge in [0.25, 0.3) is 0 Å². The number of benzene rings is 1.